The van der Waals surface area contributed by atoms with Gasteiger partial charge in [0.1, 0.15) is 18.1 Å². The van der Waals surface area contributed by atoms with Gasteiger partial charge in [-0.1, -0.05) is 34.1 Å². The van der Waals surface area contributed by atoms with E-state index in [0.29, 0.717) is 12.8 Å². The molecular formula is C19H35N5O7. The number of aliphatic hydroxyl groups excluding tert-OH is 1. The Hall–Kier alpha value is -2.73. The fraction of sp³-hybridized carbons (Fsp3) is 0.737. The van der Waals surface area contributed by atoms with Gasteiger partial charge in [0.05, 0.1) is 19.1 Å². The predicted octanol–water partition coefficient (Wildman–Crippen LogP) is -2.19. The number of carboxylic acid groups (broad SMARTS) is 1. The Morgan fingerprint density at radius 2 is 1.45 bits per heavy atom. The maximum atomic E-state index is 12.6. The van der Waals surface area contributed by atoms with Crippen molar-refractivity contribution >= 4 is 29.6 Å². The minimum Gasteiger partial charge on any atom is -0.480 e. The van der Waals surface area contributed by atoms with E-state index in [9.17, 15) is 29.1 Å². The molecule has 0 radical (unpaired) electrons. The first-order valence-electron chi connectivity index (χ1n) is 10.1. The summed E-state index contributed by atoms with van der Waals surface area (Å²) in [5, 5.41) is 25.6. The molecule has 0 saturated carbocycles. The van der Waals surface area contributed by atoms with Crippen LogP contribution in [0.3, 0.4) is 0 Å². The average molecular weight is 446 g/mol. The van der Waals surface area contributed by atoms with Crippen molar-refractivity contribution in [2.45, 2.75) is 71.1 Å². The summed E-state index contributed by atoms with van der Waals surface area (Å²) in [5.41, 5.74) is 10.8. The zero-order valence-electron chi connectivity index (χ0n) is 18.4. The summed E-state index contributed by atoms with van der Waals surface area (Å²) in [6.45, 7) is 6.42. The highest BCUT2D eigenvalue weighted by Crippen LogP contribution is 2.10. The molecule has 0 aromatic heterocycles. The standard InChI is InChI=1S/C19H35N5O7/c1-5-10(4)15(18(29)22-12(19(30)31)7-14(21)26)24-17(28)13(8-25)23-16(27)11(20)6-9(2)3/h9-13,15,25H,5-8,20H2,1-4H3,(H2,21,26)(H,22,29)(H,23,27)(H,24,28)(H,30,31). The molecule has 178 valence electrons. The summed E-state index contributed by atoms with van der Waals surface area (Å²) in [6.07, 6.45) is 0.201. The maximum absolute atomic E-state index is 12.6. The molecule has 5 unspecified atom stereocenters. The van der Waals surface area contributed by atoms with Gasteiger partial charge in [-0.15, -0.1) is 0 Å². The molecule has 0 rings (SSSR count). The van der Waals surface area contributed by atoms with Gasteiger partial charge in [0, 0.05) is 0 Å². The third-order valence-electron chi connectivity index (χ3n) is 4.69. The van der Waals surface area contributed by atoms with Crippen molar-refractivity contribution in [1.82, 2.24) is 16.0 Å². The van der Waals surface area contributed by atoms with Crippen LogP contribution in [0, 0.1) is 11.8 Å². The van der Waals surface area contributed by atoms with Crippen molar-refractivity contribution in [2.24, 2.45) is 23.3 Å². The SMILES string of the molecule is CCC(C)C(NC(=O)C(CO)NC(=O)C(N)CC(C)C)C(=O)NC(CC(N)=O)C(=O)O. The predicted molar refractivity (Wildman–Crippen MR) is 111 cm³/mol. The molecule has 0 heterocycles. The normalized spacial score (nSPS) is 15.8. The molecular weight excluding hydrogens is 410 g/mol. The lowest BCUT2D eigenvalue weighted by atomic mass is 9.97. The quantitative estimate of drug-likeness (QED) is 0.155. The van der Waals surface area contributed by atoms with Crippen LogP contribution in [0.4, 0.5) is 0 Å². The van der Waals surface area contributed by atoms with Gasteiger partial charge >= 0.3 is 5.97 Å². The fourth-order valence-electron chi connectivity index (χ4n) is 2.71. The first-order chi connectivity index (χ1) is 14.3. The summed E-state index contributed by atoms with van der Waals surface area (Å²) < 4.78 is 0. The summed E-state index contributed by atoms with van der Waals surface area (Å²) in [4.78, 5) is 59.7. The molecule has 0 bridgehead atoms. The third-order valence-corrected chi connectivity index (χ3v) is 4.69. The summed E-state index contributed by atoms with van der Waals surface area (Å²) >= 11 is 0. The van der Waals surface area contributed by atoms with Gasteiger partial charge in [0.2, 0.25) is 23.6 Å². The van der Waals surface area contributed by atoms with E-state index in [1.807, 2.05) is 13.8 Å². The third kappa shape index (κ3) is 10.2. The van der Waals surface area contributed by atoms with Crippen LogP contribution in [0.2, 0.25) is 0 Å². The van der Waals surface area contributed by atoms with Gasteiger partial charge in [0.25, 0.3) is 0 Å². The highest BCUT2D eigenvalue weighted by Gasteiger charge is 2.33. The number of aliphatic hydroxyl groups is 1. The second-order valence-corrected chi connectivity index (χ2v) is 7.92. The van der Waals surface area contributed by atoms with Gasteiger partial charge in [-0.05, 0) is 18.3 Å². The van der Waals surface area contributed by atoms with Crippen LogP contribution in [0.15, 0.2) is 0 Å². The molecule has 12 nitrogen and oxygen atoms in total. The molecule has 0 fully saturated rings. The van der Waals surface area contributed by atoms with Crippen LogP contribution in [0.5, 0.6) is 0 Å². The maximum Gasteiger partial charge on any atom is 0.326 e. The fourth-order valence-corrected chi connectivity index (χ4v) is 2.71. The van der Waals surface area contributed by atoms with Crippen molar-refractivity contribution in [3.8, 4) is 0 Å². The molecule has 31 heavy (non-hydrogen) atoms. The first kappa shape index (κ1) is 28.3. The number of rotatable bonds is 14. The van der Waals surface area contributed by atoms with E-state index in [1.165, 1.54) is 0 Å². The number of hydrogen-bond acceptors (Lipinski definition) is 7. The lowest BCUT2D eigenvalue weighted by molar-refractivity contribution is -0.144. The minimum atomic E-state index is -1.56. The van der Waals surface area contributed by atoms with Crippen LogP contribution >= 0.6 is 0 Å². The minimum absolute atomic E-state index is 0.142. The number of hydrogen-bond donors (Lipinski definition) is 7. The monoisotopic (exact) mass is 445 g/mol. The van der Waals surface area contributed by atoms with Gasteiger partial charge in [0.15, 0.2) is 0 Å². The summed E-state index contributed by atoms with van der Waals surface area (Å²) in [7, 11) is 0. The lowest BCUT2D eigenvalue weighted by Crippen LogP contribution is -2.59. The topological polar surface area (TPSA) is 214 Å². The molecule has 0 aliphatic rings. The molecule has 0 aliphatic heterocycles. The molecule has 5 atom stereocenters. The molecule has 4 amide bonds. The van der Waals surface area contributed by atoms with Crippen molar-refractivity contribution < 1.29 is 34.2 Å². The Morgan fingerprint density at radius 1 is 0.903 bits per heavy atom. The van der Waals surface area contributed by atoms with Gasteiger partial charge in [-0.3, -0.25) is 19.2 Å². The average Bonchev–Trinajstić information content (AvgIpc) is 2.67. The van der Waals surface area contributed by atoms with E-state index in [-0.39, 0.29) is 5.92 Å². The number of carbonyl (C=O) groups excluding carboxylic acids is 4. The van der Waals surface area contributed by atoms with Crippen molar-refractivity contribution in [3.63, 3.8) is 0 Å². The molecule has 0 aromatic rings. The number of aliphatic carboxylic acids is 1. The second kappa shape index (κ2) is 13.5. The number of primary amides is 1. The van der Waals surface area contributed by atoms with Crippen LogP contribution in [-0.2, 0) is 24.0 Å². The highest BCUT2D eigenvalue weighted by atomic mass is 16.4. The van der Waals surface area contributed by atoms with E-state index in [1.54, 1.807) is 13.8 Å². The van der Waals surface area contributed by atoms with Gasteiger partial charge < -0.3 is 37.6 Å². The number of nitrogens with two attached hydrogens (primary N) is 2. The van der Waals surface area contributed by atoms with Gasteiger partial charge in [-0.2, -0.15) is 0 Å². The Balaban J connectivity index is 5.33. The van der Waals surface area contributed by atoms with Crippen LogP contribution < -0.4 is 27.4 Å². The smallest absolute Gasteiger partial charge is 0.326 e. The van der Waals surface area contributed by atoms with Crippen LogP contribution in [-0.4, -0.2) is 70.6 Å². The van der Waals surface area contributed by atoms with E-state index >= 15 is 0 Å². The van der Waals surface area contributed by atoms with E-state index < -0.39 is 72.7 Å². The number of carbonyl (C=O) groups is 5. The molecule has 0 aromatic carbocycles. The molecule has 0 saturated heterocycles. The highest BCUT2D eigenvalue weighted by molar-refractivity contribution is 5.95. The van der Waals surface area contributed by atoms with Crippen molar-refractivity contribution in [2.75, 3.05) is 6.61 Å². The van der Waals surface area contributed by atoms with Crippen LogP contribution in [0.1, 0.15) is 47.0 Å². The van der Waals surface area contributed by atoms with E-state index in [0.717, 1.165) is 0 Å². The Kier molecular flexibility index (Phi) is 12.4. The Morgan fingerprint density at radius 3 is 1.87 bits per heavy atom. The first-order valence-corrected chi connectivity index (χ1v) is 10.1. The van der Waals surface area contributed by atoms with Crippen LogP contribution in [0.25, 0.3) is 0 Å². The lowest BCUT2D eigenvalue weighted by Gasteiger charge is -2.27. The molecule has 0 spiro atoms. The molecule has 9 N–H and O–H groups in total. The summed E-state index contributed by atoms with van der Waals surface area (Å²) in [6, 6.07) is -4.97. The van der Waals surface area contributed by atoms with E-state index in [2.05, 4.69) is 16.0 Å². The van der Waals surface area contributed by atoms with Gasteiger partial charge in [-0.25, -0.2) is 4.79 Å². The van der Waals surface area contributed by atoms with Crippen molar-refractivity contribution in [1.29, 1.82) is 0 Å². The number of amides is 4. The number of carboxylic acids is 1. The van der Waals surface area contributed by atoms with E-state index in [4.69, 9.17) is 16.6 Å². The number of nitrogens with one attached hydrogen (secondary N) is 3. The zero-order chi connectivity index (χ0) is 24.3. The Bertz CT molecular complexity index is 656. The largest absolute Gasteiger partial charge is 0.480 e. The summed E-state index contributed by atoms with van der Waals surface area (Å²) in [5.74, 6) is -4.96. The molecule has 12 heteroatoms. The van der Waals surface area contributed by atoms with Crippen molar-refractivity contribution in [3.05, 3.63) is 0 Å². The zero-order valence-corrected chi connectivity index (χ0v) is 18.4. The molecule has 0 aliphatic carbocycles. The Labute approximate surface area is 181 Å². The second-order valence-electron chi connectivity index (χ2n) is 7.92.